The van der Waals surface area contributed by atoms with Crippen molar-refractivity contribution < 1.29 is 13.9 Å². The number of rotatable bonds is 7. The van der Waals surface area contributed by atoms with E-state index in [0.29, 0.717) is 19.7 Å². The molecule has 0 radical (unpaired) electrons. The van der Waals surface area contributed by atoms with Gasteiger partial charge in [0, 0.05) is 18.4 Å². The number of carbonyl (C=O) groups is 1. The predicted octanol–water partition coefficient (Wildman–Crippen LogP) is 4.21. The third-order valence-electron chi connectivity index (χ3n) is 4.82. The molecule has 5 heteroatoms. The van der Waals surface area contributed by atoms with Crippen LogP contribution in [0.5, 0.6) is 5.75 Å². The van der Waals surface area contributed by atoms with Crippen LogP contribution in [0.15, 0.2) is 53.1 Å². The lowest BCUT2D eigenvalue weighted by atomic mass is 10.2. The van der Waals surface area contributed by atoms with E-state index >= 15 is 0 Å². The Morgan fingerprint density at radius 1 is 1.15 bits per heavy atom. The van der Waals surface area contributed by atoms with Crippen LogP contribution in [-0.4, -0.2) is 35.6 Å². The highest BCUT2D eigenvalue weighted by Gasteiger charge is 2.19. The summed E-state index contributed by atoms with van der Waals surface area (Å²) in [6.45, 7) is 7.60. The number of hydrogen-bond donors (Lipinski definition) is 0. The molecule has 0 aliphatic rings. The minimum Gasteiger partial charge on any atom is -0.491 e. The normalized spacial score (nSPS) is 10.8. The molecule has 0 spiro atoms. The summed E-state index contributed by atoms with van der Waals surface area (Å²) in [7, 11) is 1.81. The topological polar surface area (TPSA) is 47.6 Å². The van der Waals surface area contributed by atoms with Crippen molar-refractivity contribution in [3.05, 3.63) is 77.0 Å². The molecule has 2 heterocycles. The van der Waals surface area contributed by atoms with Crippen molar-refractivity contribution in [1.82, 2.24) is 9.47 Å². The standard InChI is InChI=1S/C22H26N2O3/c1-16-8-5-6-10-21(16)27-13-11-23(4)22(25)20-14-17(2)24(18(20)3)15-19-9-7-12-26-19/h5-10,12,14H,11,13,15H2,1-4H3. The molecule has 0 fully saturated rings. The third-order valence-corrected chi connectivity index (χ3v) is 4.82. The molecule has 2 aromatic heterocycles. The van der Waals surface area contributed by atoms with Crippen LogP contribution in [0.25, 0.3) is 0 Å². The van der Waals surface area contributed by atoms with Crippen LogP contribution >= 0.6 is 0 Å². The van der Waals surface area contributed by atoms with Crippen LogP contribution in [0.4, 0.5) is 0 Å². The largest absolute Gasteiger partial charge is 0.491 e. The summed E-state index contributed by atoms with van der Waals surface area (Å²) in [4.78, 5) is 14.6. The van der Waals surface area contributed by atoms with Gasteiger partial charge in [0.1, 0.15) is 18.1 Å². The first-order valence-corrected chi connectivity index (χ1v) is 9.10. The molecule has 3 rings (SSSR count). The molecule has 1 aromatic carbocycles. The Labute approximate surface area is 160 Å². The van der Waals surface area contributed by atoms with E-state index < -0.39 is 0 Å². The van der Waals surface area contributed by atoms with Crippen LogP contribution in [0.2, 0.25) is 0 Å². The summed E-state index contributed by atoms with van der Waals surface area (Å²) >= 11 is 0. The minimum atomic E-state index is 0.00202. The Balaban J connectivity index is 1.64. The van der Waals surface area contributed by atoms with Crippen LogP contribution in [-0.2, 0) is 6.54 Å². The molecule has 0 saturated heterocycles. The van der Waals surface area contributed by atoms with Crippen LogP contribution in [0.3, 0.4) is 0 Å². The average molecular weight is 366 g/mol. The molecule has 27 heavy (non-hydrogen) atoms. The van der Waals surface area contributed by atoms with Gasteiger partial charge in [0.25, 0.3) is 5.91 Å². The molecular formula is C22H26N2O3. The van der Waals surface area contributed by atoms with Crippen molar-refractivity contribution in [2.24, 2.45) is 0 Å². The molecule has 0 aliphatic heterocycles. The predicted molar refractivity (Wildman–Crippen MR) is 105 cm³/mol. The highest BCUT2D eigenvalue weighted by atomic mass is 16.5. The zero-order valence-electron chi connectivity index (χ0n) is 16.4. The number of likely N-dealkylation sites (N-methyl/N-ethyl adjacent to an activating group) is 1. The lowest BCUT2D eigenvalue weighted by Gasteiger charge is -2.18. The summed E-state index contributed by atoms with van der Waals surface area (Å²) in [5.41, 5.74) is 3.79. The Morgan fingerprint density at radius 3 is 2.63 bits per heavy atom. The van der Waals surface area contributed by atoms with Crippen LogP contribution < -0.4 is 4.74 Å². The van der Waals surface area contributed by atoms with Gasteiger partial charge in [-0.25, -0.2) is 0 Å². The van der Waals surface area contributed by atoms with Gasteiger partial charge in [-0.1, -0.05) is 18.2 Å². The van der Waals surface area contributed by atoms with Gasteiger partial charge >= 0.3 is 0 Å². The molecule has 0 N–H and O–H groups in total. The number of carbonyl (C=O) groups excluding carboxylic acids is 1. The van der Waals surface area contributed by atoms with Gasteiger partial charge in [-0.05, 0) is 50.6 Å². The molecule has 0 atom stereocenters. The maximum atomic E-state index is 12.9. The van der Waals surface area contributed by atoms with E-state index in [1.807, 2.05) is 70.3 Å². The molecule has 1 amide bonds. The lowest BCUT2D eigenvalue weighted by molar-refractivity contribution is 0.0773. The number of aromatic nitrogens is 1. The second kappa shape index (κ2) is 8.16. The summed E-state index contributed by atoms with van der Waals surface area (Å²) in [5, 5.41) is 0. The monoisotopic (exact) mass is 366 g/mol. The highest BCUT2D eigenvalue weighted by molar-refractivity contribution is 5.95. The maximum absolute atomic E-state index is 12.9. The van der Waals surface area contributed by atoms with Crippen LogP contribution in [0, 0.1) is 20.8 Å². The Kier molecular flexibility index (Phi) is 5.69. The quantitative estimate of drug-likeness (QED) is 0.629. The van der Waals surface area contributed by atoms with E-state index in [2.05, 4.69) is 4.57 Å². The van der Waals surface area contributed by atoms with Gasteiger partial charge in [-0.2, -0.15) is 0 Å². The number of aryl methyl sites for hydroxylation is 2. The molecule has 0 aliphatic carbocycles. The van der Waals surface area contributed by atoms with Crippen LogP contribution in [0.1, 0.15) is 33.1 Å². The first kappa shape index (κ1) is 18.8. The molecule has 0 unspecified atom stereocenters. The second-order valence-electron chi connectivity index (χ2n) is 6.79. The van der Waals surface area contributed by atoms with Crippen molar-refractivity contribution in [3.8, 4) is 5.75 Å². The zero-order valence-corrected chi connectivity index (χ0v) is 16.4. The summed E-state index contributed by atoms with van der Waals surface area (Å²) < 4.78 is 13.3. The first-order chi connectivity index (χ1) is 13.0. The number of para-hydroxylation sites is 1. The van der Waals surface area contributed by atoms with Gasteiger partial charge < -0.3 is 18.6 Å². The molecule has 0 bridgehead atoms. The Bertz CT molecular complexity index is 910. The number of ether oxygens (including phenoxy) is 1. The summed E-state index contributed by atoms with van der Waals surface area (Å²) in [6, 6.07) is 13.6. The second-order valence-corrected chi connectivity index (χ2v) is 6.79. The third kappa shape index (κ3) is 4.25. The van der Waals surface area contributed by atoms with Gasteiger partial charge in [0.05, 0.1) is 24.9 Å². The van der Waals surface area contributed by atoms with Gasteiger partial charge in [0.15, 0.2) is 0 Å². The first-order valence-electron chi connectivity index (χ1n) is 9.10. The van der Waals surface area contributed by atoms with E-state index in [0.717, 1.165) is 34.0 Å². The number of hydrogen-bond acceptors (Lipinski definition) is 3. The van der Waals surface area contributed by atoms with E-state index in [4.69, 9.17) is 9.15 Å². The molecule has 142 valence electrons. The van der Waals surface area contributed by atoms with Crippen molar-refractivity contribution in [1.29, 1.82) is 0 Å². The van der Waals surface area contributed by atoms with Crippen molar-refractivity contribution in [3.63, 3.8) is 0 Å². The molecule has 3 aromatic rings. The Morgan fingerprint density at radius 2 is 1.93 bits per heavy atom. The van der Waals surface area contributed by atoms with Crippen molar-refractivity contribution >= 4 is 5.91 Å². The molecular weight excluding hydrogens is 340 g/mol. The van der Waals surface area contributed by atoms with Crippen molar-refractivity contribution in [2.75, 3.05) is 20.2 Å². The Hall–Kier alpha value is -2.95. The van der Waals surface area contributed by atoms with E-state index in [1.165, 1.54) is 0 Å². The van der Waals surface area contributed by atoms with E-state index in [1.54, 1.807) is 11.2 Å². The van der Waals surface area contributed by atoms with Crippen molar-refractivity contribution in [2.45, 2.75) is 27.3 Å². The number of benzene rings is 1. The number of nitrogens with zero attached hydrogens (tertiary/aromatic N) is 2. The lowest BCUT2D eigenvalue weighted by Crippen LogP contribution is -2.31. The smallest absolute Gasteiger partial charge is 0.255 e. The maximum Gasteiger partial charge on any atom is 0.255 e. The molecule has 0 saturated carbocycles. The SMILES string of the molecule is Cc1ccccc1OCCN(C)C(=O)c1cc(C)n(Cc2ccco2)c1C. The number of furan rings is 1. The minimum absolute atomic E-state index is 0.00202. The van der Waals surface area contributed by atoms with E-state index in [9.17, 15) is 4.79 Å². The number of amides is 1. The highest BCUT2D eigenvalue weighted by Crippen LogP contribution is 2.19. The van der Waals surface area contributed by atoms with Gasteiger partial charge in [-0.15, -0.1) is 0 Å². The summed E-state index contributed by atoms with van der Waals surface area (Å²) in [5.74, 6) is 1.73. The van der Waals surface area contributed by atoms with E-state index in [-0.39, 0.29) is 5.91 Å². The fraction of sp³-hybridized carbons (Fsp3) is 0.318. The summed E-state index contributed by atoms with van der Waals surface area (Å²) in [6.07, 6.45) is 1.66. The fourth-order valence-corrected chi connectivity index (χ4v) is 3.14. The zero-order chi connectivity index (χ0) is 19.4. The van der Waals surface area contributed by atoms with Gasteiger partial charge in [0.2, 0.25) is 0 Å². The molecule has 5 nitrogen and oxygen atoms in total. The van der Waals surface area contributed by atoms with Gasteiger partial charge in [-0.3, -0.25) is 4.79 Å². The fourth-order valence-electron chi connectivity index (χ4n) is 3.14. The average Bonchev–Trinajstić information content (AvgIpc) is 3.26.